The van der Waals surface area contributed by atoms with E-state index in [0.29, 0.717) is 15.5 Å². The van der Waals surface area contributed by atoms with Crippen molar-refractivity contribution in [3.63, 3.8) is 0 Å². The summed E-state index contributed by atoms with van der Waals surface area (Å²) in [6.45, 7) is 1.84. The van der Waals surface area contributed by atoms with Crippen LogP contribution in [-0.2, 0) is 0 Å². The van der Waals surface area contributed by atoms with Gasteiger partial charge >= 0.3 is 0 Å². The number of primary amides is 1. The molecule has 0 radical (unpaired) electrons. The molecule has 0 bridgehead atoms. The van der Waals surface area contributed by atoms with Crippen LogP contribution in [0, 0.1) is 12.3 Å². The number of nitrogens with two attached hydrogens (primary N) is 1. The molecule has 8 nitrogen and oxygen atoms in total. The zero-order valence-corrected chi connectivity index (χ0v) is 18.3. The fourth-order valence-electron chi connectivity index (χ4n) is 3.59. The highest BCUT2D eigenvalue weighted by atomic mass is 32.1. The van der Waals surface area contributed by atoms with Crippen molar-refractivity contribution in [3.05, 3.63) is 100 Å². The maximum absolute atomic E-state index is 13.4. The average Bonchev–Trinajstić information content (AvgIpc) is 3.39. The van der Waals surface area contributed by atoms with E-state index in [1.54, 1.807) is 24.3 Å². The number of hydrogen-bond donors (Lipinski definition) is 2. The summed E-state index contributed by atoms with van der Waals surface area (Å²) in [5.41, 5.74) is 8.33. The van der Waals surface area contributed by atoms with Crippen molar-refractivity contribution in [3.8, 4) is 16.9 Å². The maximum atomic E-state index is 13.4. The number of fused-ring (bicyclic) bond motifs is 1. The number of nitrogens with one attached hydrogen (secondary N) is 1. The zero-order chi connectivity index (χ0) is 23.1. The van der Waals surface area contributed by atoms with Gasteiger partial charge in [0, 0.05) is 17.5 Å². The number of para-hydroxylation sites is 1. The molecule has 0 aliphatic rings. The number of aryl methyl sites for hydroxylation is 1. The fourth-order valence-corrected chi connectivity index (χ4v) is 4.64. The van der Waals surface area contributed by atoms with Crippen LogP contribution in [0.15, 0.2) is 72.9 Å². The fraction of sp³-hybridized carbons (Fsp3) is 0.0417. The standard InChI is InChI=1S/C24H18N6O2S/c1-14-21(33-24-27-19(13-29(14)24)15-8-4-2-5-9-15)20(31)18-12-17(23(26)32)22(25)30(28-18)16-10-6-3-7-11-16/h2-13,25H,1H3,(H2,26,32). The predicted octanol–water partition coefficient (Wildman–Crippen LogP) is 3.37. The Hall–Kier alpha value is -4.37. The Morgan fingerprint density at radius 1 is 1.03 bits per heavy atom. The number of carbonyl (C=O) groups is 2. The molecule has 0 saturated heterocycles. The number of amides is 1. The number of imidazole rings is 1. The van der Waals surface area contributed by atoms with E-state index in [9.17, 15) is 9.59 Å². The number of aromatic nitrogens is 4. The van der Waals surface area contributed by atoms with E-state index in [2.05, 4.69) is 10.1 Å². The van der Waals surface area contributed by atoms with Crippen LogP contribution >= 0.6 is 11.3 Å². The average molecular weight is 455 g/mol. The molecule has 0 unspecified atom stereocenters. The van der Waals surface area contributed by atoms with Gasteiger partial charge in [-0.1, -0.05) is 59.9 Å². The molecule has 0 aliphatic carbocycles. The number of hydrogen-bond acceptors (Lipinski definition) is 6. The number of benzene rings is 2. The Kier molecular flexibility index (Phi) is 4.95. The first kappa shape index (κ1) is 20.5. The van der Waals surface area contributed by atoms with Gasteiger partial charge in [-0.05, 0) is 25.1 Å². The van der Waals surface area contributed by atoms with Gasteiger partial charge in [-0.25, -0.2) is 9.67 Å². The largest absolute Gasteiger partial charge is 0.365 e. The van der Waals surface area contributed by atoms with Gasteiger partial charge in [0.25, 0.3) is 5.91 Å². The molecule has 3 aromatic heterocycles. The van der Waals surface area contributed by atoms with Crippen molar-refractivity contribution in [2.24, 2.45) is 5.73 Å². The van der Waals surface area contributed by atoms with Crippen LogP contribution in [0.1, 0.15) is 31.4 Å². The van der Waals surface area contributed by atoms with E-state index >= 15 is 0 Å². The van der Waals surface area contributed by atoms with E-state index < -0.39 is 5.91 Å². The highest BCUT2D eigenvalue weighted by Crippen LogP contribution is 2.28. The molecule has 0 spiro atoms. The van der Waals surface area contributed by atoms with Gasteiger partial charge in [0.05, 0.1) is 21.8 Å². The highest BCUT2D eigenvalue weighted by molar-refractivity contribution is 7.19. The van der Waals surface area contributed by atoms with Crippen LogP contribution < -0.4 is 11.2 Å². The molecular formula is C24H18N6O2S. The third-order valence-electron chi connectivity index (χ3n) is 5.29. The second kappa shape index (κ2) is 7.95. The smallest absolute Gasteiger partial charge is 0.252 e. The lowest BCUT2D eigenvalue weighted by molar-refractivity contribution is 0.0997. The second-order valence-electron chi connectivity index (χ2n) is 7.39. The minimum Gasteiger partial charge on any atom is -0.365 e. The van der Waals surface area contributed by atoms with Crippen molar-refractivity contribution >= 4 is 28.0 Å². The third kappa shape index (κ3) is 3.54. The maximum Gasteiger partial charge on any atom is 0.252 e. The summed E-state index contributed by atoms with van der Waals surface area (Å²) in [4.78, 5) is 31.2. The van der Waals surface area contributed by atoms with Gasteiger partial charge in [0.1, 0.15) is 5.69 Å². The monoisotopic (exact) mass is 454 g/mol. The van der Waals surface area contributed by atoms with Gasteiger partial charge < -0.3 is 5.73 Å². The van der Waals surface area contributed by atoms with Crippen molar-refractivity contribution < 1.29 is 9.59 Å². The molecular weight excluding hydrogens is 436 g/mol. The van der Waals surface area contributed by atoms with Crippen LogP contribution in [-0.4, -0.2) is 30.9 Å². The summed E-state index contributed by atoms with van der Waals surface area (Å²) in [6, 6.07) is 19.9. The van der Waals surface area contributed by atoms with Crippen molar-refractivity contribution in [2.75, 3.05) is 0 Å². The zero-order valence-electron chi connectivity index (χ0n) is 17.5. The van der Waals surface area contributed by atoms with Crippen LogP contribution in [0.4, 0.5) is 0 Å². The van der Waals surface area contributed by atoms with E-state index in [1.807, 2.05) is 53.9 Å². The quantitative estimate of drug-likeness (QED) is 0.396. The van der Waals surface area contributed by atoms with Crippen molar-refractivity contribution in [1.82, 2.24) is 19.2 Å². The number of carbonyl (C=O) groups excluding carboxylic acids is 2. The summed E-state index contributed by atoms with van der Waals surface area (Å²) >= 11 is 1.25. The lowest BCUT2D eigenvalue weighted by Crippen LogP contribution is -2.32. The minimum atomic E-state index is -0.800. The van der Waals surface area contributed by atoms with Crippen molar-refractivity contribution in [1.29, 1.82) is 5.41 Å². The summed E-state index contributed by atoms with van der Waals surface area (Å²) < 4.78 is 3.12. The lowest BCUT2D eigenvalue weighted by atomic mass is 10.1. The molecule has 3 heterocycles. The number of rotatable bonds is 5. The Bertz CT molecular complexity index is 1580. The van der Waals surface area contributed by atoms with E-state index in [4.69, 9.17) is 11.1 Å². The van der Waals surface area contributed by atoms with Gasteiger partial charge in [-0.15, -0.1) is 0 Å². The van der Waals surface area contributed by atoms with E-state index in [-0.39, 0.29) is 22.5 Å². The Labute approximate surface area is 192 Å². The van der Waals surface area contributed by atoms with Crippen LogP contribution in [0.3, 0.4) is 0 Å². The van der Waals surface area contributed by atoms with Gasteiger partial charge in [-0.2, -0.15) is 5.10 Å². The summed E-state index contributed by atoms with van der Waals surface area (Å²) in [5.74, 6) is -1.16. The normalized spacial score (nSPS) is 11.1. The molecule has 0 atom stereocenters. The van der Waals surface area contributed by atoms with Gasteiger partial charge in [0.15, 0.2) is 10.4 Å². The molecule has 0 fully saturated rings. The first-order valence-corrected chi connectivity index (χ1v) is 10.9. The summed E-state index contributed by atoms with van der Waals surface area (Å²) in [7, 11) is 0. The molecule has 5 aromatic rings. The molecule has 5 rings (SSSR count). The highest BCUT2D eigenvalue weighted by Gasteiger charge is 2.23. The molecule has 9 heteroatoms. The Morgan fingerprint density at radius 3 is 2.33 bits per heavy atom. The molecule has 3 N–H and O–H groups in total. The summed E-state index contributed by atoms with van der Waals surface area (Å²) in [6.07, 6.45) is 1.90. The van der Waals surface area contributed by atoms with Crippen LogP contribution in [0.2, 0.25) is 0 Å². The van der Waals surface area contributed by atoms with Gasteiger partial charge in [-0.3, -0.25) is 19.4 Å². The minimum absolute atomic E-state index is 0.0274. The number of nitrogens with zero attached hydrogens (tertiary/aromatic N) is 4. The third-order valence-corrected chi connectivity index (χ3v) is 6.44. The molecule has 0 saturated carbocycles. The first-order chi connectivity index (χ1) is 15.9. The molecule has 1 amide bonds. The van der Waals surface area contributed by atoms with E-state index in [0.717, 1.165) is 17.0 Å². The van der Waals surface area contributed by atoms with Crippen LogP contribution in [0.25, 0.3) is 21.9 Å². The lowest BCUT2D eigenvalue weighted by Gasteiger charge is -2.10. The predicted molar refractivity (Wildman–Crippen MR) is 125 cm³/mol. The molecule has 162 valence electrons. The summed E-state index contributed by atoms with van der Waals surface area (Å²) in [5, 5.41) is 12.7. The molecule has 0 aliphatic heterocycles. The van der Waals surface area contributed by atoms with Crippen molar-refractivity contribution in [2.45, 2.75) is 6.92 Å². The number of thiazole rings is 1. The first-order valence-electron chi connectivity index (χ1n) is 10.1. The topological polar surface area (TPSA) is 119 Å². The SMILES string of the molecule is Cc1c(C(=O)c2cc(C(N)=O)c(=N)n(-c3ccccc3)n2)sc2nc(-c3ccccc3)cn12. The van der Waals surface area contributed by atoms with Gasteiger partial charge in [0.2, 0.25) is 5.78 Å². The van der Waals surface area contributed by atoms with E-state index in [1.165, 1.54) is 22.1 Å². The second-order valence-corrected chi connectivity index (χ2v) is 8.37. The Balaban J connectivity index is 1.61. The van der Waals surface area contributed by atoms with Crippen LogP contribution in [0.5, 0.6) is 0 Å². The Morgan fingerprint density at radius 2 is 1.70 bits per heavy atom. The molecule has 33 heavy (non-hydrogen) atoms. The number of ketones is 1. The molecule has 2 aromatic carbocycles.